The summed E-state index contributed by atoms with van der Waals surface area (Å²) in [6, 6.07) is 7.22. The maximum Gasteiger partial charge on any atom is 0.274 e. The Kier molecular flexibility index (Phi) is 5.86. The first-order chi connectivity index (χ1) is 12.6. The number of aromatic nitrogens is 2. The summed E-state index contributed by atoms with van der Waals surface area (Å²) >= 11 is 0. The molecule has 0 radical (unpaired) electrons. The van der Waals surface area contributed by atoms with Gasteiger partial charge in [-0.05, 0) is 57.7 Å². The number of amides is 1. The van der Waals surface area contributed by atoms with Gasteiger partial charge in [0.25, 0.3) is 11.5 Å². The van der Waals surface area contributed by atoms with Crippen molar-refractivity contribution in [3.63, 3.8) is 0 Å². The lowest BCUT2D eigenvalue weighted by molar-refractivity contribution is 0.0752. The smallest absolute Gasteiger partial charge is 0.274 e. The van der Waals surface area contributed by atoms with Gasteiger partial charge in [-0.25, -0.2) is 4.68 Å². The Morgan fingerprint density at radius 2 is 1.70 bits per heavy atom. The Bertz CT molecular complexity index is 881. The Labute approximate surface area is 165 Å². The van der Waals surface area contributed by atoms with E-state index in [2.05, 4.69) is 10.4 Å². The second-order valence-corrected chi connectivity index (χ2v) is 7.79. The molecule has 4 rings (SSSR count). The van der Waals surface area contributed by atoms with E-state index in [-0.39, 0.29) is 29.9 Å². The summed E-state index contributed by atoms with van der Waals surface area (Å²) in [4.78, 5) is 27.9. The fourth-order valence-electron chi connectivity index (χ4n) is 4.29. The molecule has 0 spiro atoms. The van der Waals surface area contributed by atoms with E-state index in [4.69, 9.17) is 0 Å². The first kappa shape index (κ1) is 19.8. The minimum atomic E-state index is -0.136. The fraction of sp³-hybridized carbons (Fsp3) is 0.550. The standard InChI is InChI=1S/C20H26N4O2.ClH/c1-13(2)24-19(25)17-6-4-3-5-16(17)18(22-24)20(26)23-9-7-14-11-21-12-15(14)8-10-23;/h3-6,13-15,21H,7-12H2,1-2H3;1H/t14-,15+;. The van der Waals surface area contributed by atoms with E-state index in [0.29, 0.717) is 28.3 Å². The molecule has 0 bridgehead atoms. The van der Waals surface area contributed by atoms with Gasteiger partial charge in [0.1, 0.15) is 0 Å². The van der Waals surface area contributed by atoms with Crippen molar-refractivity contribution in [2.45, 2.75) is 32.7 Å². The molecule has 2 aliphatic heterocycles. The van der Waals surface area contributed by atoms with Gasteiger partial charge in [-0.1, -0.05) is 18.2 Å². The predicted molar refractivity (Wildman–Crippen MR) is 109 cm³/mol. The Hall–Kier alpha value is -1.92. The third kappa shape index (κ3) is 3.60. The van der Waals surface area contributed by atoms with Gasteiger partial charge in [-0.2, -0.15) is 5.10 Å². The molecule has 1 aromatic carbocycles. The van der Waals surface area contributed by atoms with E-state index in [9.17, 15) is 9.59 Å². The summed E-state index contributed by atoms with van der Waals surface area (Å²) in [5.41, 5.74) is 0.266. The van der Waals surface area contributed by atoms with Gasteiger partial charge in [-0.3, -0.25) is 9.59 Å². The molecular weight excluding hydrogens is 364 g/mol. The number of hydrogen-bond donors (Lipinski definition) is 1. The van der Waals surface area contributed by atoms with Crippen LogP contribution in [0.5, 0.6) is 0 Å². The highest BCUT2D eigenvalue weighted by atomic mass is 35.5. The normalized spacial score (nSPS) is 22.4. The lowest BCUT2D eigenvalue weighted by Crippen LogP contribution is -2.36. The molecule has 146 valence electrons. The van der Waals surface area contributed by atoms with Crippen molar-refractivity contribution in [3.8, 4) is 0 Å². The molecule has 27 heavy (non-hydrogen) atoms. The first-order valence-corrected chi connectivity index (χ1v) is 9.58. The van der Waals surface area contributed by atoms with Crippen LogP contribution in [-0.4, -0.2) is 46.8 Å². The molecule has 0 aliphatic carbocycles. The van der Waals surface area contributed by atoms with Crippen molar-refractivity contribution < 1.29 is 4.79 Å². The summed E-state index contributed by atoms with van der Waals surface area (Å²) in [5.74, 6) is 1.28. The number of benzene rings is 1. The zero-order valence-corrected chi connectivity index (χ0v) is 16.7. The molecule has 7 heteroatoms. The molecule has 3 heterocycles. The minimum Gasteiger partial charge on any atom is -0.337 e. The summed E-state index contributed by atoms with van der Waals surface area (Å²) in [6.45, 7) is 7.48. The zero-order valence-electron chi connectivity index (χ0n) is 15.9. The molecule has 2 atom stereocenters. The number of fused-ring (bicyclic) bond motifs is 2. The van der Waals surface area contributed by atoms with E-state index < -0.39 is 0 Å². The van der Waals surface area contributed by atoms with Gasteiger partial charge in [0.15, 0.2) is 5.69 Å². The molecule has 1 amide bonds. The van der Waals surface area contributed by atoms with Gasteiger partial charge in [0.2, 0.25) is 0 Å². The van der Waals surface area contributed by atoms with Crippen molar-refractivity contribution in [1.82, 2.24) is 20.0 Å². The fourth-order valence-corrected chi connectivity index (χ4v) is 4.29. The maximum atomic E-state index is 13.3. The monoisotopic (exact) mass is 390 g/mol. The van der Waals surface area contributed by atoms with Crippen LogP contribution in [0.3, 0.4) is 0 Å². The van der Waals surface area contributed by atoms with Crippen molar-refractivity contribution in [2.24, 2.45) is 11.8 Å². The third-order valence-electron chi connectivity index (χ3n) is 5.83. The molecule has 0 saturated carbocycles. The highest BCUT2D eigenvalue weighted by Gasteiger charge is 2.32. The molecule has 1 aromatic heterocycles. The van der Waals surface area contributed by atoms with Crippen molar-refractivity contribution in [1.29, 1.82) is 0 Å². The van der Waals surface area contributed by atoms with Crippen LogP contribution in [0.4, 0.5) is 0 Å². The summed E-state index contributed by atoms with van der Waals surface area (Å²) in [5, 5.41) is 9.17. The maximum absolute atomic E-state index is 13.3. The van der Waals surface area contributed by atoms with Crippen LogP contribution in [0.25, 0.3) is 10.8 Å². The number of carbonyl (C=O) groups is 1. The molecule has 6 nitrogen and oxygen atoms in total. The molecule has 2 saturated heterocycles. The highest BCUT2D eigenvalue weighted by Crippen LogP contribution is 2.28. The lowest BCUT2D eigenvalue weighted by atomic mass is 9.92. The van der Waals surface area contributed by atoms with Gasteiger partial charge in [0.05, 0.1) is 11.4 Å². The topological polar surface area (TPSA) is 67.2 Å². The molecule has 2 aromatic rings. The summed E-state index contributed by atoms with van der Waals surface area (Å²) < 4.78 is 1.44. The first-order valence-electron chi connectivity index (χ1n) is 9.58. The summed E-state index contributed by atoms with van der Waals surface area (Å²) in [6.07, 6.45) is 2.07. The number of likely N-dealkylation sites (tertiary alicyclic amines) is 1. The van der Waals surface area contributed by atoms with Crippen molar-refractivity contribution in [2.75, 3.05) is 26.2 Å². The largest absolute Gasteiger partial charge is 0.337 e. The molecule has 2 aliphatic rings. The minimum absolute atomic E-state index is 0. The number of rotatable bonds is 2. The van der Waals surface area contributed by atoms with Gasteiger partial charge in [-0.15, -0.1) is 12.4 Å². The quantitative estimate of drug-likeness (QED) is 0.855. The van der Waals surface area contributed by atoms with Gasteiger partial charge >= 0.3 is 0 Å². The Balaban J connectivity index is 0.00000210. The number of carbonyl (C=O) groups excluding carboxylic acids is 1. The SMILES string of the molecule is CC(C)n1nc(C(=O)N2CC[C@@H]3CNC[C@@H]3CC2)c2ccccc2c1=O.Cl. The molecule has 2 fully saturated rings. The third-order valence-corrected chi connectivity index (χ3v) is 5.83. The molecule has 0 unspecified atom stereocenters. The van der Waals surface area contributed by atoms with Crippen LogP contribution >= 0.6 is 12.4 Å². The van der Waals surface area contributed by atoms with E-state index >= 15 is 0 Å². The molecule has 1 N–H and O–H groups in total. The van der Waals surface area contributed by atoms with E-state index in [0.717, 1.165) is 39.0 Å². The van der Waals surface area contributed by atoms with Crippen LogP contribution in [0.2, 0.25) is 0 Å². The zero-order chi connectivity index (χ0) is 18.3. The van der Waals surface area contributed by atoms with Gasteiger partial charge < -0.3 is 10.2 Å². The predicted octanol–water partition coefficient (Wildman–Crippen LogP) is 2.47. The average Bonchev–Trinajstić information content (AvgIpc) is 3.00. The number of nitrogens with zero attached hydrogens (tertiary/aromatic N) is 3. The molecular formula is C20H27ClN4O2. The van der Waals surface area contributed by atoms with Crippen LogP contribution in [0.15, 0.2) is 29.1 Å². The van der Waals surface area contributed by atoms with Gasteiger partial charge in [0, 0.05) is 18.5 Å². The van der Waals surface area contributed by atoms with Crippen LogP contribution < -0.4 is 10.9 Å². The Morgan fingerprint density at radius 3 is 2.30 bits per heavy atom. The number of hydrogen-bond acceptors (Lipinski definition) is 4. The second kappa shape index (κ2) is 7.98. The van der Waals surface area contributed by atoms with E-state index in [1.807, 2.05) is 36.9 Å². The lowest BCUT2D eigenvalue weighted by Gasteiger charge is -2.22. The number of nitrogens with one attached hydrogen (secondary N) is 1. The Morgan fingerprint density at radius 1 is 1.11 bits per heavy atom. The summed E-state index contributed by atoms with van der Waals surface area (Å²) in [7, 11) is 0. The number of halogens is 1. The highest BCUT2D eigenvalue weighted by molar-refractivity contribution is 6.04. The second-order valence-electron chi connectivity index (χ2n) is 7.79. The van der Waals surface area contributed by atoms with E-state index in [1.165, 1.54) is 4.68 Å². The van der Waals surface area contributed by atoms with Crippen molar-refractivity contribution in [3.05, 3.63) is 40.3 Å². The van der Waals surface area contributed by atoms with Crippen LogP contribution in [0, 0.1) is 11.8 Å². The van der Waals surface area contributed by atoms with Crippen LogP contribution in [0.1, 0.15) is 43.2 Å². The van der Waals surface area contributed by atoms with Crippen molar-refractivity contribution >= 4 is 29.1 Å². The van der Waals surface area contributed by atoms with E-state index in [1.54, 1.807) is 6.07 Å². The van der Waals surface area contributed by atoms with Crippen LogP contribution in [-0.2, 0) is 0 Å². The average molecular weight is 391 g/mol.